The normalized spacial score (nSPS) is 20.9. The van der Waals surface area contributed by atoms with E-state index in [0.717, 1.165) is 37.6 Å². The summed E-state index contributed by atoms with van der Waals surface area (Å²) in [6.45, 7) is 4.04. The maximum absolute atomic E-state index is 13.1. The Morgan fingerprint density at radius 2 is 2.04 bits per heavy atom. The van der Waals surface area contributed by atoms with E-state index in [9.17, 15) is 4.39 Å². The van der Waals surface area contributed by atoms with E-state index in [0.29, 0.717) is 11.5 Å². The second-order valence-corrected chi connectivity index (χ2v) is 7.67. The van der Waals surface area contributed by atoms with Crippen molar-refractivity contribution in [3.8, 4) is 0 Å². The van der Waals surface area contributed by atoms with E-state index in [2.05, 4.69) is 39.0 Å². The highest BCUT2D eigenvalue weighted by Crippen LogP contribution is 2.55. The molecule has 1 saturated heterocycles. The molecule has 1 aliphatic carbocycles. The Labute approximate surface area is 166 Å². The fraction of sp³-hybridized carbons (Fsp3) is 0.476. The summed E-state index contributed by atoms with van der Waals surface area (Å²) in [5, 5.41) is 3.48. The minimum Gasteiger partial charge on any atom is -0.337 e. The van der Waals surface area contributed by atoms with E-state index in [-0.39, 0.29) is 18.2 Å². The largest absolute Gasteiger partial charge is 0.337 e. The van der Waals surface area contributed by atoms with Gasteiger partial charge in [0, 0.05) is 32.0 Å². The average molecular weight is 391 g/mol. The Hall–Kier alpha value is -1.69. The van der Waals surface area contributed by atoms with E-state index < -0.39 is 0 Å². The summed E-state index contributed by atoms with van der Waals surface area (Å²) in [6, 6.07) is 7.30. The van der Waals surface area contributed by atoms with Crippen molar-refractivity contribution in [1.29, 1.82) is 0 Å². The first-order valence-corrected chi connectivity index (χ1v) is 9.49. The summed E-state index contributed by atoms with van der Waals surface area (Å²) >= 11 is 0. The van der Waals surface area contributed by atoms with Crippen LogP contribution in [-0.4, -0.2) is 40.1 Å². The number of rotatable bonds is 6. The fourth-order valence-electron chi connectivity index (χ4n) is 4.24. The summed E-state index contributed by atoms with van der Waals surface area (Å²) in [7, 11) is 2.06. The van der Waals surface area contributed by atoms with Crippen molar-refractivity contribution in [1.82, 2.24) is 19.8 Å². The topological polar surface area (TPSA) is 33.1 Å². The Kier molecular flexibility index (Phi) is 6.35. The molecule has 146 valence electrons. The van der Waals surface area contributed by atoms with Crippen molar-refractivity contribution < 1.29 is 4.39 Å². The van der Waals surface area contributed by atoms with Crippen LogP contribution in [0.1, 0.15) is 30.7 Å². The van der Waals surface area contributed by atoms with Crippen molar-refractivity contribution >= 4 is 18.5 Å². The first-order chi connectivity index (χ1) is 12.7. The summed E-state index contributed by atoms with van der Waals surface area (Å²) in [4.78, 5) is 7.08. The van der Waals surface area contributed by atoms with Gasteiger partial charge in [0.25, 0.3) is 0 Å². The highest BCUT2D eigenvalue weighted by Gasteiger charge is 2.56. The van der Waals surface area contributed by atoms with Crippen LogP contribution >= 0.6 is 12.4 Å². The van der Waals surface area contributed by atoms with Gasteiger partial charge >= 0.3 is 0 Å². The van der Waals surface area contributed by atoms with Gasteiger partial charge in [-0.15, -0.1) is 12.4 Å². The van der Waals surface area contributed by atoms with Crippen molar-refractivity contribution in [3.63, 3.8) is 0 Å². The van der Waals surface area contributed by atoms with Crippen molar-refractivity contribution in [3.05, 3.63) is 59.9 Å². The van der Waals surface area contributed by atoms with Gasteiger partial charge in [-0.05, 0) is 55.5 Å². The lowest BCUT2D eigenvalue weighted by Crippen LogP contribution is -2.36. The van der Waals surface area contributed by atoms with Gasteiger partial charge in [-0.3, -0.25) is 4.90 Å². The third kappa shape index (κ3) is 4.60. The number of nitrogens with zero attached hydrogens (tertiary/aromatic N) is 3. The Morgan fingerprint density at radius 3 is 2.70 bits per heavy atom. The number of aromatic nitrogens is 2. The molecule has 0 amide bonds. The molecule has 1 spiro atoms. The molecule has 2 fully saturated rings. The second kappa shape index (κ2) is 8.55. The zero-order valence-corrected chi connectivity index (χ0v) is 16.6. The summed E-state index contributed by atoms with van der Waals surface area (Å²) in [5.41, 5.74) is 1.54. The predicted molar refractivity (Wildman–Crippen MR) is 109 cm³/mol. The maximum atomic E-state index is 13.1. The van der Waals surface area contributed by atoms with Gasteiger partial charge in [0.15, 0.2) is 0 Å². The quantitative estimate of drug-likeness (QED) is 0.817. The first-order valence-electron chi connectivity index (χ1n) is 9.49. The van der Waals surface area contributed by atoms with E-state index >= 15 is 0 Å². The number of piperidine rings is 1. The molecule has 1 aromatic heterocycles. The van der Waals surface area contributed by atoms with Gasteiger partial charge < -0.3 is 9.88 Å². The van der Waals surface area contributed by atoms with E-state index in [1.807, 2.05) is 24.5 Å². The van der Waals surface area contributed by atoms with Crippen LogP contribution in [0.25, 0.3) is 6.08 Å². The van der Waals surface area contributed by atoms with Crippen LogP contribution < -0.4 is 5.32 Å². The molecule has 1 aliphatic heterocycles. The highest BCUT2D eigenvalue weighted by molar-refractivity contribution is 5.85. The Morgan fingerprint density at radius 1 is 1.30 bits per heavy atom. The molecule has 0 bridgehead atoms. The lowest BCUT2D eigenvalue weighted by atomic mass is 9.93. The zero-order chi connectivity index (χ0) is 18.0. The number of nitrogens with one attached hydrogen (secondary N) is 1. The van der Waals surface area contributed by atoms with Crippen LogP contribution in [0.3, 0.4) is 0 Å². The molecule has 0 radical (unpaired) electrons. The molecule has 27 heavy (non-hydrogen) atoms. The van der Waals surface area contributed by atoms with Crippen molar-refractivity contribution in [2.45, 2.75) is 31.8 Å². The maximum Gasteiger partial charge on any atom is 0.123 e. The number of benzene rings is 1. The Bertz CT molecular complexity index is 765. The number of halogens is 2. The molecule has 2 heterocycles. The standard InChI is InChI=1S/C21H27FN4.ClH/c1-25-14-12-24-20(25)16-26(19-15-21(19)8-10-23-11-9-21)13-2-3-17-4-6-18(22)7-5-17;/h2-7,12,14,19,23H,8-11,13,15-16H2,1H3;1H/b3-2+;. The third-order valence-corrected chi connectivity index (χ3v) is 5.97. The van der Waals surface area contributed by atoms with Crippen LogP contribution in [0.4, 0.5) is 4.39 Å². The summed E-state index contributed by atoms with van der Waals surface area (Å²) < 4.78 is 15.2. The van der Waals surface area contributed by atoms with Crippen LogP contribution in [0, 0.1) is 11.2 Å². The molecule has 1 atom stereocenters. The fourth-order valence-corrected chi connectivity index (χ4v) is 4.24. The van der Waals surface area contributed by atoms with E-state index in [1.54, 1.807) is 0 Å². The second-order valence-electron chi connectivity index (χ2n) is 7.67. The summed E-state index contributed by atoms with van der Waals surface area (Å²) in [6.07, 6.45) is 12.0. The highest BCUT2D eigenvalue weighted by atomic mass is 35.5. The monoisotopic (exact) mass is 390 g/mol. The molecule has 6 heteroatoms. The van der Waals surface area contributed by atoms with Gasteiger partial charge in [0.05, 0.1) is 6.54 Å². The van der Waals surface area contributed by atoms with Gasteiger partial charge in [-0.1, -0.05) is 24.3 Å². The molecule has 1 unspecified atom stereocenters. The molecular weight excluding hydrogens is 363 g/mol. The molecule has 4 nitrogen and oxygen atoms in total. The minimum absolute atomic E-state index is 0. The third-order valence-electron chi connectivity index (χ3n) is 5.97. The number of hydrogen-bond acceptors (Lipinski definition) is 3. The Balaban J connectivity index is 0.00000210. The van der Waals surface area contributed by atoms with Crippen LogP contribution in [0.5, 0.6) is 0 Å². The number of hydrogen-bond donors (Lipinski definition) is 1. The molecule has 2 aliphatic rings. The van der Waals surface area contributed by atoms with Crippen LogP contribution in [0.2, 0.25) is 0 Å². The van der Waals surface area contributed by atoms with E-state index in [4.69, 9.17) is 0 Å². The van der Waals surface area contributed by atoms with Gasteiger partial charge in [-0.25, -0.2) is 9.37 Å². The smallest absolute Gasteiger partial charge is 0.123 e. The summed E-state index contributed by atoms with van der Waals surface area (Å²) in [5.74, 6) is 0.917. The molecular formula is C21H28ClFN4. The lowest BCUT2D eigenvalue weighted by Gasteiger charge is -2.28. The predicted octanol–water partition coefficient (Wildman–Crippen LogP) is 3.64. The molecule has 2 aromatic rings. The molecule has 1 N–H and O–H groups in total. The van der Waals surface area contributed by atoms with Crippen LogP contribution in [-0.2, 0) is 13.6 Å². The lowest BCUT2D eigenvalue weighted by molar-refractivity contribution is 0.207. The number of aryl methyl sites for hydroxylation is 1. The van der Waals surface area contributed by atoms with Gasteiger partial charge in [-0.2, -0.15) is 0 Å². The van der Waals surface area contributed by atoms with Gasteiger partial charge in [0.1, 0.15) is 11.6 Å². The van der Waals surface area contributed by atoms with Gasteiger partial charge in [0.2, 0.25) is 0 Å². The van der Waals surface area contributed by atoms with Crippen LogP contribution in [0.15, 0.2) is 42.7 Å². The van der Waals surface area contributed by atoms with E-state index in [1.165, 1.54) is 31.4 Å². The number of imidazole rings is 1. The molecule has 1 saturated carbocycles. The zero-order valence-electron chi connectivity index (χ0n) is 15.8. The molecule has 4 rings (SSSR count). The molecule has 1 aromatic carbocycles. The minimum atomic E-state index is -0.190. The van der Waals surface area contributed by atoms with Crippen molar-refractivity contribution in [2.24, 2.45) is 12.5 Å². The van der Waals surface area contributed by atoms with Crippen molar-refractivity contribution in [2.75, 3.05) is 19.6 Å². The first kappa shape index (κ1) is 20.1. The SMILES string of the molecule is Cl.Cn1ccnc1CN(C/C=C/c1ccc(F)cc1)C1CC12CCNCC2. The average Bonchev–Trinajstić information content (AvgIpc) is 3.17.